The summed E-state index contributed by atoms with van der Waals surface area (Å²) in [4.78, 5) is 14.8. The van der Waals surface area contributed by atoms with Gasteiger partial charge in [-0.1, -0.05) is 54.6 Å². The molecule has 3 heteroatoms. The van der Waals surface area contributed by atoms with Crippen LogP contribution in [0.2, 0.25) is 0 Å². The summed E-state index contributed by atoms with van der Waals surface area (Å²) >= 11 is 0. The zero-order valence-corrected chi connectivity index (χ0v) is 13.8. The highest BCUT2D eigenvalue weighted by Crippen LogP contribution is 2.50. The van der Waals surface area contributed by atoms with Crippen molar-refractivity contribution in [2.24, 2.45) is 0 Å². The minimum absolute atomic E-state index is 0.0420. The van der Waals surface area contributed by atoms with Gasteiger partial charge in [0.05, 0.1) is 18.2 Å². The zero-order chi connectivity index (χ0) is 16.6. The molecule has 3 nitrogen and oxygen atoms in total. The van der Waals surface area contributed by atoms with E-state index in [0.717, 1.165) is 31.2 Å². The summed E-state index contributed by atoms with van der Waals surface area (Å²) in [5.74, 6) is 0.162. The summed E-state index contributed by atoms with van der Waals surface area (Å²) < 4.78 is 0. The van der Waals surface area contributed by atoms with Gasteiger partial charge in [-0.15, -0.1) is 0 Å². The Labute approximate surface area is 142 Å². The Hall–Kier alpha value is -2.13. The van der Waals surface area contributed by atoms with Crippen LogP contribution < -0.4 is 0 Å². The van der Waals surface area contributed by atoms with Crippen molar-refractivity contribution in [3.8, 4) is 0 Å². The van der Waals surface area contributed by atoms with Gasteiger partial charge in [-0.05, 0) is 42.4 Å². The van der Waals surface area contributed by atoms with Gasteiger partial charge in [-0.2, -0.15) is 0 Å². The van der Waals surface area contributed by atoms with Gasteiger partial charge in [0, 0.05) is 6.42 Å². The largest absolute Gasteiger partial charge is 0.394 e. The van der Waals surface area contributed by atoms with Crippen LogP contribution in [0.25, 0.3) is 0 Å². The van der Waals surface area contributed by atoms with E-state index >= 15 is 0 Å². The highest BCUT2D eigenvalue weighted by molar-refractivity contribution is 5.81. The van der Waals surface area contributed by atoms with E-state index < -0.39 is 0 Å². The van der Waals surface area contributed by atoms with Gasteiger partial charge in [0.1, 0.15) is 0 Å². The number of aryl methyl sites for hydroxylation is 1. The van der Waals surface area contributed by atoms with Gasteiger partial charge in [0.2, 0.25) is 5.91 Å². The number of aliphatic hydroxyl groups excluding tert-OH is 1. The van der Waals surface area contributed by atoms with Crippen molar-refractivity contribution in [1.29, 1.82) is 0 Å². The Morgan fingerprint density at radius 2 is 1.75 bits per heavy atom. The smallest absolute Gasteiger partial charge is 0.223 e. The molecule has 1 N–H and O–H groups in total. The molecule has 0 unspecified atom stereocenters. The summed E-state index contributed by atoms with van der Waals surface area (Å²) in [6.07, 6.45) is 4.58. The summed E-state index contributed by atoms with van der Waals surface area (Å²) in [6.45, 7) is -0.0420. The number of nitrogens with zero attached hydrogens (tertiary/aromatic N) is 1. The highest BCUT2D eigenvalue weighted by atomic mass is 16.3. The number of fused-ring (bicyclic) bond motifs is 2. The Bertz CT molecular complexity index is 743. The maximum atomic E-state index is 12.8. The standard InChI is InChI=1S/C21H23NO2/c23-15-19(17-8-2-1-3-9-17)22-20(24)12-14-21(22)13-6-10-16-7-4-5-11-18(16)21/h1-5,7-9,11,19,23H,6,10,12-15H2/t19-,21-/m0/s1. The molecular formula is C21H23NO2. The number of rotatable bonds is 3. The van der Waals surface area contributed by atoms with Crippen molar-refractivity contribution in [3.63, 3.8) is 0 Å². The molecule has 1 heterocycles. The van der Waals surface area contributed by atoms with Crippen LogP contribution in [0.15, 0.2) is 54.6 Å². The van der Waals surface area contributed by atoms with Crippen LogP contribution in [0.1, 0.15) is 48.4 Å². The summed E-state index contributed by atoms with van der Waals surface area (Å²) in [5, 5.41) is 10.1. The Morgan fingerprint density at radius 1 is 1.00 bits per heavy atom. The van der Waals surface area contributed by atoms with Gasteiger partial charge in [-0.25, -0.2) is 0 Å². The monoisotopic (exact) mass is 321 g/mol. The molecule has 1 saturated heterocycles. The average Bonchev–Trinajstić information content (AvgIpc) is 2.95. The second-order valence-corrected chi connectivity index (χ2v) is 6.92. The van der Waals surface area contributed by atoms with Gasteiger partial charge >= 0.3 is 0 Å². The molecule has 4 rings (SSSR count). The lowest BCUT2D eigenvalue weighted by Crippen LogP contribution is -2.48. The van der Waals surface area contributed by atoms with Crippen molar-refractivity contribution >= 4 is 5.91 Å². The van der Waals surface area contributed by atoms with Crippen molar-refractivity contribution in [2.45, 2.75) is 43.7 Å². The SMILES string of the molecule is O=C1CC[C@]2(CCCc3ccccc32)N1[C@@H](CO)c1ccccc1. The lowest BCUT2D eigenvalue weighted by atomic mass is 9.74. The molecule has 1 amide bonds. The van der Waals surface area contributed by atoms with Crippen LogP contribution in [0.3, 0.4) is 0 Å². The summed E-state index contributed by atoms with van der Waals surface area (Å²) in [7, 11) is 0. The molecule has 0 aromatic heterocycles. The molecule has 2 aromatic carbocycles. The van der Waals surface area contributed by atoms with Gasteiger partial charge < -0.3 is 10.0 Å². The van der Waals surface area contributed by atoms with Gasteiger partial charge in [0.25, 0.3) is 0 Å². The predicted octanol–water partition coefficient (Wildman–Crippen LogP) is 3.57. The first-order valence-corrected chi connectivity index (χ1v) is 8.82. The maximum absolute atomic E-state index is 12.8. The van der Waals surface area contributed by atoms with Crippen molar-refractivity contribution in [2.75, 3.05) is 6.61 Å². The number of likely N-dealkylation sites (tertiary alicyclic amines) is 1. The molecule has 1 spiro atoms. The number of hydrogen-bond acceptors (Lipinski definition) is 2. The van der Waals surface area contributed by atoms with Crippen molar-refractivity contribution in [1.82, 2.24) is 4.90 Å². The first-order valence-electron chi connectivity index (χ1n) is 8.82. The minimum Gasteiger partial charge on any atom is -0.394 e. The average molecular weight is 321 g/mol. The Kier molecular flexibility index (Phi) is 3.89. The molecule has 2 aromatic rings. The van der Waals surface area contributed by atoms with Crippen LogP contribution in [-0.4, -0.2) is 22.5 Å². The van der Waals surface area contributed by atoms with E-state index in [1.807, 2.05) is 35.2 Å². The lowest BCUT2D eigenvalue weighted by molar-refractivity contribution is -0.136. The molecule has 1 fully saturated rings. The topological polar surface area (TPSA) is 40.5 Å². The molecule has 2 aliphatic rings. The number of carbonyl (C=O) groups excluding carboxylic acids is 1. The predicted molar refractivity (Wildman–Crippen MR) is 93.4 cm³/mol. The van der Waals surface area contributed by atoms with Crippen LogP contribution in [-0.2, 0) is 16.8 Å². The fourth-order valence-corrected chi connectivity index (χ4v) is 4.68. The molecule has 0 bridgehead atoms. The third kappa shape index (κ3) is 2.27. The summed E-state index contributed by atoms with van der Waals surface area (Å²) in [6, 6.07) is 18.2. The quantitative estimate of drug-likeness (QED) is 0.939. The normalized spacial score (nSPS) is 24.2. The number of carbonyl (C=O) groups is 1. The highest BCUT2D eigenvalue weighted by Gasteiger charge is 2.51. The van der Waals surface area contributed by atoms with Crippen LogP contribution in [0, 0.1) is 0 Å². The zero-order valence-electron chi connectivity index (χ0n) is 13.8. The van der Waals surface area contributed by atoms with E-state index in [-0.39, 0.29) is 24.1 Å². The molecule has 0 radical (unpaired) electrons. The minimum atomic E-state index is -0.271. The third-order valence-electron chi connectivity index (χ3n) is 5.71. The van der Waals surface area contributed by atoms with Gasteiger partial charge in [-0.3, -0.25) is 4.79 Å². The molecule has 2 atom stereocenters. The van der Waals surface area contributed by atoms with Crippen molar-refractivity contribution < 1.29 is 9.90 Å². The molecule has 124 valence electrons. The lowest BCUT2D eigenvalue weighted by Gasteiger charge is -2.46. The fourth-order valence-electron chi connectivity index (χ4n) is 4.68. The number of benzene rings is 2. The third-order valence-corrected chi connectivity index (χ3v) is 5.71. The Balaban J connectivity index is 1.83. The van der Waals surface area contributed by atoms with Crippen LogP contribution in [0.4, 0.5) is 0 Å². The van der Waals surface area contributed by atoms with E-state index in [4.69, 9.17) is 0 Å². The molecule has 0 saturated carbocycles. The maximum Gasteiger partial charge on any atom is 0.223 e. The van der Waals surface area contributed by atoms with E-state index in [1.54, 1.807) is 0 Å². The first kappa shape index (κ1) is 15.4. The molecule has 24 heavy (non-hydrogen) atoms. The van der Waals surface area contributed by atoms with E-state index in [0.29, 0.717) is 6.42 Å². The second kappa shape index (κ2) is 6.06. The summed E-state index contributed by atoms with van der Waals surface area (Å²) in [5.41, 5.74) is 3.40. The van der Waals surface area contributed by atoms with E-state index in [1.165, 1.54) is 11.1 Å². The molecule has 1 aliphatic heterocycles. The van der Waals surface area contributed by atoms with Crippen LogP contribution >= 0.6 is 0 Å². The van der Waals surface area contributed by atoms with Gasteiger partial charge in [0.15, 0.2) is 0 Å². The van der Waals surface area contributed by atoms with E-state index in [2.05, 4.69) is 24.3 Å². The van der Waals surface area contributed by atoms with Crippen molar-refractivity contribution in [3.05, 3.63) is 71.3 Å². The fraction of sp³-hybridized carbons (Fsp3) is 0.381. The second-order valence-electron chi connectivity index (χ2n) is 6.92. The first-order chi connectivity index (χ1) is 11.8. The number of amides is 1. The molecule has 1 aliphatic carbocycles. The van der Waals surface area contributed by atoms with Crippen LogP contribution in [0.5, 0.6) is 0 Å². The van der Waals surface area contributed by atoms with E-state index in [9.17, 15) is 9.90 Å². The number of hydrogen-bond donors (Lipinski definition) is 1. The number of aliphatic hydroxyl groups is 1. The molecular weight excluding hydrogens is 298 g/mol. The Morgan fingerprint density at radius 3 is 2.54 bits per heavy atom.